The summed E-state index contributed by atoms with van der Waals surface area (Å²) in [6.45, 7) is -3.77. The number of hydrogen-bond donors (Lipinski definition) is 3. The molecule has 2 aromatic carbocycles. The van der Waals surface area contributed by atoms with Gasteiger partial charge in [0, 0.05) is 18.0 Å². The van der Waals surface area contributed by atoms with Crippen LogP contribution in [0.4, 0.5) is 14.6 Å². The Labute approximate surface area is 390 Å². The molecule has 2 unspecified atom stereocenters. The molecule has 3 aromatic heterocycles. The van der Waals surface area contributed by atoms with Crippen molar-refractivity contribution < 1.29 is 64.6 Å². The standard InChI is InChI=1S/C41H47F2N7O14P2S.H3N/c1-2-3-4-5-6-7-18-57-26-14-10-25(11-15-26)40(52)60-27-12-8-24(9-13-27)21-67-66(56)59-20-29-34(31(42)39(62-29)50-23-47-33-36(44)45-22-46-37(33)50)63-65(54,55)58-19-28-35(64-66)32(43)38(61-28)49-17-16-30(51)48-41(49)53;/h8-17,22-23,28-29,31-32,34-35,38-39H,2-7,18-21H2,1H3,(H,54,55)(H2,44,45,46)(H,48,51,53);1H3/t28-,29-,31-,32-,34-,35-,38-,39-,66?;/m1./s1. The molecule has 68 heavy (non-hydrogen) atoms. The number of hydrogen-bond acceptors (Lipinski definition) is 19. The number of nitrogens with two attached hydrogens (primary N) is 1. The zero-order valence-electron chi connectivity index (χ0n) is 36.7. The van der Waals surface area contributed by atoms with Crippen molar-refractivity contribution in [2.24, 2.45) is 0 Å². The van der Waals surface area contributed by atoms with Crippen LogP contribution in [0.1, 0.15) is 73.8 Å². The van der Waals surface area contributed by atoms with Gasteiger partial charge >= 0.3 is 18.5 Å². The maximum atomic E-state index is 16.5. The number of anilines is 1. The Kier molecular flexibility index (Phi) is 16.7. The smallest absolute Gasteiger partial charge is 0.389 e. The van der Waals surface area contributed by atoms with Gasteiger partial charge in [-0.3, -0.25) is 32.5 Å². The first-order chi connectivity index (χ1) is 32.2. The number of imidazole rings is 1. The Morgan fingerprint density at radius 1 is 0.868 bits per heavy atom. The zero-order chi connectivity index (χ0) is 47.3. The topological polar surface area (TPSA) is 309 Å². The van der Waals surface area contributed by atoms with Gasteiger partial charge in [0.15, 0.2) is 36.3 Å². The maximum absolute atomic E-state index is 16.5. The molecule has 3 aliphatic heterocycles. The van der Waals surface area contributed by atoms with Gasteiger partial charge in [-0.15, -0.1) is 0 Å². The van der Waals surface area contributed by atoms with Crippen LogP contribution < -0.4 is 37.5 Å². The molecule has 7 N–H and O–H groups in total. The number of benzene rings is 2. The van der Waals surface area contributed by atoms with E-state index >= 15 is 8.78 Å². The first kappa shape index (κ1) is 51.0. The van der Waals surface area contributed by atoms with Crippen molar-refractivity contribution in [3.8, 4) is 11.5 Å². The van der Waals surface area contributed by atoms with Crippen LogP contribution in [-0.2, 0) is 42.5 Å². The molecule has 3 fully saturated rings. The number of rotatable bonds is 15. The summed E-state index contributed by atoms with van der Waals surface area (Å²) in [5.74, 6) is 0.0537. The van der Waals surface area contributed by atoms with E-state index < -0.39 is 94.3 Å². The minimum atomic E-state index is -5.49. The number of H-pyrrole nitrogens is 1. The lowest BCUT2D eigenvalue weighted by molar-refractivity contribution is -0.235. The molecule has 10 atom stereocenters. The van der Waals surface area contributed by atoms with Gasteiger partial charge in [0.05, 0.1) is 31.7 Å². The molecule has 3 saturated heterocycles. The van der Waals surface area contributed by atoms with E-state index in [1.165, 1.54) is 37.8 Å². The second kappa shape index (κ2) is 22.2. The maximum Gasteiger partial charge on any atom is 0.389 e. The van der Waals surface area contributed by atoms with E-state index in [2.05, 4.69) is 21.9 Å². The van der Waals surface area contributed by atoms with Crippen molar-refractivity contribution in [2.75, 3.05) is 25.6 Å². The number of fused-ring (bicyclic) bond motifs is 3. The highest BCUT2D eigenvalue weighted by atomic mass is 32.7. The van der Waals surface area contributed by atoms with Gasteiger partial charge < -0.3 is 44.8 Å². The Balaban J connectivity index is 0.00000684. The number of aromatic amines is 1. The number of aromatic nitrogens is 6. The van der Waals surface area contributed by atoms with Crippen molar-refractivity contribution >= 4 is 49.0 Å². The van der Waals surface area contributed by atoms with Crippen molar-refractivity contribution in [3.05, 3.63) is 105 Å². The van der Waals surface area contributed by atoms with E-state index in [4.69, 9.17) is 42.8 Å². The van der Waals surface area contributed by atoms with Crippen molar-refractivity contribution in [1.82, 2.24) is 35.2 Å². The normalized spacial score (nSPS) is 28.4. The van der Waals surface area contributed by atoms with Gasteiger partial charge in [-0.25, -0.2) is 37.9 Å². The molecular weight excluding hydrogens is 961 g/mol. The average molecular weight is 1010 g/mol. The number of ether oxygens (including phenoxy) is 4. The van der Waals surface area contributed by atoms with Crippen molar-refractivity contribution in [1.29, 1.82) is 0 Å². The van der Waals surface area contributed by atoms with Crippen LogP contribution in [-0.4, -0.2) is 91.6 Å². The minimum Gasteiger partial charge on any atom is -0.756 e. The molecular formula is C41H50F2N8O14P2S. The van der Waals surface area contributed by atoms with E-state index in [-0.39, 0.29) is 34.6 Å². The molecule has 22 nitrogen and oxygen atoms in total. The Morgan fingerprint density at radius 2 is 1.51 bits per heavy atom. The number of carbonyl (C=O) groups is 1. The fraction of sp³-hybridized carbons (Fsp3) is 0.463. The van der Waals surface area contributed by atoms with Gasteiger partial charge in [-0.2, -0.15) is 0 Å². The Bertz CT molecular complexity index is 2740. The lowest BCUT2D eigenvalue weighted by Gasteiger charge is -2.32. The van der Waals surface area contributed by atoms with Crippen LogP contribution in [0.15, 0.2) is 83.0 Å². The number of phosphoric ester groups is 1. The lowest BCUT2D eigenvalue weighted by atomic mass is 10.1. The molecule has 6 heterocycles. The molecule has 5 aromatic rings. The molecule has 3 aliphatic rings. The van der Waals surface area contributed by atoms with Crippen molar-refractivity contribution in [3.63, 3.8) is 0 Å². The summed E-state index contributed by atoms with van der Waals surface area (Å²) in [5.41, 5.74) is 4.97. The first-order valence-electron chi connectivity index (χ1n) is 21.3. The van der Waals surface area contributed by atoms with Crippen LogP contribution in [0.3, 0.4) is 0 Å². The van der Waals surface area contributed by atoms with Crippen molar-refractivity contribution in [2.45, 2.75) is 100 Å². The van der Waals surface area contributed by atoms with Gasteiger partial charge in [0.2, 0.25) is 0 Å². The van der Waals surface area contributed by atoms with E-state index in [1.807, 2.05) is 4.98 Å². The summed E-state index contributed by atoms with van der Waals surface area (Å²) in [5, 5.41) is 0. The molecule has 0 aliphatic carbocycles. The van der Waals surface area contributed by atoms with Crippen LogP contribution in [0.5, 0.6) is 11.5 Å². The van der Waals surface area contributed by atoms with E-state index in [0.29, 0.717) is 39.4 Å². The summed E-state index contributed by atoms with van der Waals surface area (Å²) in [7, 11) is -5.49. The van der Waals surface area contributed by atoms with Crippen LogP contribution in [0, 0.1) is 0 Å². The van der Waals surface area contributed by atoms with E-state index in [1.54, 1.807) is 36.4 Å². The SMILES string of the molecule is CCCCCCCCOc1ccc(C(=O)Oc2ccc(CSP3(=O)OC[C@H]4O[C@@H](n5cnc6c(N)ncnc65)[C@H](F)[C@@H]4OP(=O)([O-])OC[C@H]4O[C@@H](n5ccc(=O)[nH]c5=O)[C@H](F)[C@@H]4O3)cc2)cc1.[NH4+]. The van der Waals surface area contributed by atoms with E-state index in [9.17, 15) is 28.4 Å². The van der Waals surface area contributed by atoms with Crippen LogP contribution in [0.25, 0.3) is 11.2 Å². The number of halogens is 2. The molecule has 8 rings (SSSR count). The molecule has 0 saturated carbocycles. The number of quaternary nitrogens is 1. The molecule has 0 bridgehead atoms. The highest BCUT2D eigenvalue weighted by Crippen LogP contribution is 2.64. The predicted octanol–water partition coefficient (Wildman–Crippen LogP) is 6.09. The monoisotopic (exact) mass is 1010 g/mol. The first-order valence-corrected chi connectivity index (χ1v) is 25.9. The molecule has 0 amide bonds. The largest absolute Gasteiger partial charge is 0.756 e. The minimum absolute atomic E-state index is 0. The number of nitrogens with one attached hydrogen (secondary N) is 1. The highest BCUT2D eigenvalue weighted by molar-refractivity contribution is 8.54. The molecule has 27 heteroatoms. The third-order valence-corrected chi connectivity index (χ3v) is 15.6. The fourth-order valence-corrected chi connectivity index (χ4v) is 11.9. The summed E-state index contributed by atoms with van der Waals surface area (Å²) < 4.78 is 108. The van der Waals surface area contributed by atoms with Crippen LogP contribution in [0.2, 0.25) is 0 Å². The Morgan fingerprint density at radius 3 is 2.22 bits per heavy atom. The fourth-order valence-electron chi connectivity index (χ4n) is 7.53. The number of phosphoric acid groups is 1. The number of nitrogen functional groups attached to an aromatic ring is 1. The lowest BCUT2D eigenvalue weighted by Crippen LogP contribution is -2.38. The highest BCUT2D eigenvalue weighted by Gasteiger charge is 2.54. The third kappa shape index (κ3) is 11.9. The summed E-state index contributed by atoms with van der Waals surface area (Å²) in [6, 6.07) is 13.7. The molecule has 0 radical (unpaired) electrons. The zero-order valence-corrected chi connectivity index (χ0v) is 39.3. The van der Waals surface area contributed by atoms with E-state index in [0.717, 1.165) is 42.3 Å². The van der Waals surface area contributed by atoms with Gasteiger partial charge in [0.25, 0.3) is 13.4 Å². The molecule has 368 valence electrons. The van der Waals surface area contributed by atoms with Gasteiger partial charge in [-0.05, 0) is 59.8 Å². The van der Waals surface area contributed by atoms with Crippen LogP contribution >= 0.6 is 26.0 Å². The second-order valence-corrected chi connectivity index (χ2v) is 21.1. The number of unbranched alkanes of at least 4 members (excludes halogenated alkanes) is 5. The predicted molar refractivity (Wildman–Crippen MR) is 240 cm³/mol. The third-order valence-electron chi connectivity index (χ3n) is 11.0. The second-order valence-electron chi connectivity index (χ2n) is 15.7. The van der Waals surface area contributed by atoms with Gasteiger partial charge in [0.1, 0.15) is 47.8 Å². The number of carbonyl (C=O) groups excluding carboxylic acids is 1. The Hall–Kier alpha value is -4.91. The number of nitrogens with zero attached hydrogens (tertiary/aromatic N) is 5. The summed E-state index contributed by atoms with van der Waals surface area (Å²) in [6.07, 6.45) is -5.27. The average Bonchev–Trinajstić information content (AvgIpc) is 3.97. The summed E-state index contributed by atoms with van der Waals surface area (Å²) in [4.78, 5) is 64.7. The summed E-state index contributed by atoms with van der Waals surface area (Å²) >= 11 is 0.582. The molecule has 0 spiro atoms. The number of esters is 1. The van der Waals surface area contributed by atoms with Gasteiger partial charge in [-0.1, -0.05) is 51.2 Å². The number of alkyl halides is 2. The quantitative estimate of drug-likeness (QED) is 0.0462.